The molecule has 0 saturated carbocycles. The molecule has 0 radical (unpaired) electrons. The highest BCUT2D eigenvalue weighted by molar-refractivity contribution is 5.87. The van der Waals surface area contributed by atoms with Crippen molar-refractivity contribution in [3.8, 4) is 0 Å². The van der Waals surface area contributed by atoms with Crippen molar-refractivity contribution >= 4 is 5.97 Å². The molecular formula is C12H17N3O2. The van der Waals surface area contributed by atoms with Gasteiger partial charge in [0.2, 0.25) is 0 Å². The fraction of sp³-hybridized carbons (Fsp3) is 0.500. The highest BCUT2D eigenvalue weighted by Gasteiger charge is 2.15. The molecule has 92 valence electrons. The van der Waals surface area contributed by atoms with E-state index in [2.05, 4.69) is 19.2 Å². The molecule has 1 aromatic heterocycles. The largest absolute Gasteiger partial charge is 0.466 e. The zero-order valence-corrected chi connectivity index (χ0v) is 10.2. The van der Waals surface area contributed by atoms with Crippen LogP contribution in [0.2, 0.25) is 0 Å². The van der Waals surface area contributed by atoms with Gasteiger partial charge in [0, 0.05) is 37.6 Å². The van der Waals surface area contributed by atoms with Crippen LogP contribution in [0, 0.1) is 0 Å². The fourth-order valence-corrected chi connectivity index (χ4v) is 1.89. The van der Waals surface area contributed by atoms with Gasteiger partial charge in [-0.3, -0.25) is 4.90 Å². The molecule has 0 aromatic carbocycles. The molecule has 0 aliphatic carbocycles. The van der Waals surface area contributed by atoms with Gasteiger partial charge in [-0.2, -0.15) is 0 Å². The third kappa shape index (κ3) is 2.74. The number of imidazole rings is 1. The van der Waals surface area contributed by atoms with Crippen molar-refractivity contribution in [3.05, 3.63) is 29.9 Å². The van der Waals surface area contributed by atoms with Crippen LogP contribution < -0.4 is 0 Å². The predicted octanol–water partition coefficient (Wildman–Crippen LogP) is 0.818. The van der Waals surface area contributed by atoms with E-state index in [1.165, 1.54) is 7.11 Å². The number of carbonyl (C=O) groups is 1. The Kier molecular flexibility index (Phi) is 3.58. The highest BCUT2D eigenvalue weighted by atomic mass is 16.5. The SMILES string of the molecule is COC(=O)C(C)=CCN1CCn2ccnc2C1. The van der Waals surface area contributed by atoms with Crippen molar-refractivity contribution in [3.63, 3.8) is 0 Å². The first kappa shape index (κ1) is 11.9. The molecule has 0 spiro atoms. The Morgan fingerprint density at radius 1 is 1.59 bits per heavy atom. The number of carbonyl (C=O) groups excluding carboxylic acids is 1. The predicted molar refractivity (Wildman–Crippen MR) is 63.3 cm³/mol. The van der Waals surface area contributed by atoms with E-state index in [4.69, 9.17) is 0 Å². The van der Waals surface area contributed by atoms with Gasteiger partial charge < -0.3 is 9.30 Å². The summed E-state index contributed by atoms with van der Waals surface area (Å²) in [4.78, 5) is 17.8. The van der Waals surface area contributed by atoms with Crippen molar-refractivity contribution in [2.45, 2.75) is 20.0 Å². The molecule has 0 unspecified atom stereocenters. The van der Waals surface area contributed by atoms with Crippen LogP contribution in [0.3, 0.4) is 0 Å². The summed E-state index contributed by atoms with van der Waals surface area (Å²) in [6, 6.07) is 0. The maximum atomic E-state index is 11.2. The minimum absolute atomic E-state index is 0.261. The van der Waals surface area contributed by atoms with Crippen LogP contribution in [0.5, 0.6) is 0 Å². The maximum Gasteiger partial charge on any atom is 0.333 e. The van der Waals surface area contributed by atoms with Crippen molar-refractivity contribution < 1.29 is 9.53 Å². The third-order valence-electron chi connectivity index (χ3n) is 2.99. The first-order chi connectivity index (χ1) is 8.20. The van der Waals surface area contributed by atoms with E-state index in [9.17, 15) is 4.79 Å². The van der Waals surface area contributed by atoms with Gasteiger partial charge in [0.15, 0.2) is 0 Å². The molecule has 5 nitrogen and oxygen atoms in total. The fourth-order valence-electron chi connectivity index (χ4n) is 1.89. The van der Waals surface area contributed by atoms with Crippen LogP contribution in [0.4, 0.5) is 0 Å². The molecule has 0 amide bonds. The van der Waals surface area contributed by atoms with Gasteiger partial charge in [-0.15, -0.1) is 0 Å². The van der Waals surface area contributed by atoms with Crippen LogP contribution in [-0.4, -0.2) is 40.6 Å². The molecule has 1 aliphatic heterocycles. The molecule has 1 aromatic rings. The summed E-state index contributed by atoms with van der Waals surface area (Å²) in [5.41, 5.74) is 0.654. The number of hydrogen-bond donors (Lipinski definition) is 0. The highest BCUT2D eigenvalue weighted by Crippen LogP contribution is 2.10. The van der Waals surface area contributed by atoms with Gasteiger partial charge >= 0.3 is 5.97 Å². The lowest BCUT2D eigenvalue weighted by Gasteiger charge is -2.26. The van der Waals surface area contributed by atoms with Gasteiger partial charge in [0.25, 0.3) is 0 Å². The molecule has 0 bridgehead atoms. The number of aromatic nitrogens is 2. The molecule has 2 heterocycles. The maximum absolute atomic E-state index is 11.2. The molecule has 0 fully saturated rings. The van der Waals surface area contributed by atoms with Gasteiger partial charge in [-0.25, -0.2) is 9.78 Å². The van der Waals surface area contributed by atoms with E-state index in [1.54, 1.807) is 6.92 Å². The van der Waals surface area contributed by atoms with Crippen LogP contribution in [0.15, 0.2) is 24.0 Å². The number of ether oxygens (including phenoxy) is 1. The summed E-state index contributed by atoms with van der Waals surface area (Å²) in [5, 5.41) is 0. The van der Waals surface area contributed by atoms with Crippen LogP contribution in [0.1, 0.15) is 12.7 Å². The summed E-state index contributed by atoms with van der Waals surface area (Å²) >= 11 is 0. The van der Waals surface area contributed by atoms with Gasteiger partial charge in [-0.05, 0) is 6.92 Å². The molecule has 0 saturated heterocycles. The lowest BCUT2D eigenvalue weighted by molar-refractivity contribution is -0.136. The summed E-state index contributed by atoms with van der Waals surface area (Å²) < 4.78 is 6.81. The van der Waals surface area contributed by atoms with E-state index < -0.39 is 0 Å². The van der Waals surface area contributed by atoms with Crippen molar-refractivity contribution in [2.24, 2.45) is 0 Å². The van der Waals surface area contributed by atoms with Crippen molar-refractivity contribution in [1.82, 2.24) is 14.5 Å². The van der Waals surface area contributed by atoms with E-state index in [1.807, 2.05) is 18.5 Å². The van der Waals surface area contributed by atoms with E-state index >= 15 is 0 Å². The quantitative estimate of drug-likeness (QED) is 0.575. The third-order valence-corrected chi connectivity index (χ3v) is 2.99. The Hall–Kier alpha value is -1.62. The van der Waals surface area contributed by atoms with E-state index in [0.29, 0.717) is 5.57 Å². The lowest BCUT2D eigenvalue weighted by atomic mass is 10.2. The number of methoxy groups -OCH3 is 1. The average Bonchev–Trinajstić information content (AvgIpc) is 2.82. The number of fused-ring (bicyclic) bond motifs is 1. The zero-order valence-electron chi connectivity index (χ0n) is 10.2. The molecule has 17 heavy (non-hydrogen) atoms. The topological polar surface area (TPSA) is 47.4 Å². The second-order valence-electron chi connectivity index (χ2n) is 4.15. The van der Waals surface area contributed by atoms with Crippen LogP contribution in [0.25, 0.3) is 0 Å². The number of esters is 1. The monoisotopic (exact) mass is 235 g/mol. The molecule has 5 heteroatoms. The van der Waals surface area contributed by atoms with E-state index in [0.717, 1.165) is 32.0 Å². The summed E-state index contributed by atoms with van der Waals surface area (Å²) in [5.74, 6) is 0.823. The second-order valence-corrected chi connectivity index (χ2v) is 4.15. The average molecular weight is 235 g/mol. The molecule has 0 N–H and O–H groups in total. The smallest absolute Gasteiger partial charge is 0.333 e. The Morgan fingerprint density at radius 2 is 2.41 bits per heavy atom. The number of nitrogens with zero attached hydrogens (tertiary/aromatic N) is 3. The molecule has 0 atom stereocenters. The Labute approximate surface area is 101 Å². The minimum Gasteiger partial charge on any atom is -0.466 e. The number of rotatable bonds is 3. The number of hydrogen-bond acceptors (Lipinski definition) is 4. The van der Waals surface area contributed by atoms with Crippen molar-refractivity contribution in [2.75, 3.05) is 20.2 Å². The molecular weight excluding hydrogens is 218 g/mol. The Balaban J connectivity index is 1.92. The first-order valence-corrected chi connectivity index (χ1v) is 5.68. The van der Waals surface area contributed by atoms with Crippen LogP contribution >= 0.6 is 0 Å². The lowest BCUT2D eigenvalue weighted by Crippen LogP contribution is -2.33. The van der Waals surface area contributed by atoms with E-state index in [-0.39, 0.29) is 5.97 Å². The van der Waals surface area contributed by atoms with Crippen LogP contribution in [-0.2, 0) is 22.6 Å². The Morgan fingerprint density at radius 3 is 3.18 bits per heavy atom. The summed E-state index contributed by atoms with van der Waals surface area (Å²) in [7, 11) is 1.40. The Bertz CT molecular complexity index is 437. The second kappa shape index (κ2) is 5.14. The van der Waals surface area contributed by atoms with Crippen molar-refractivity contribution in [1.29, 1.82) is 0 Å². The summed E-state index contributed by atoms with van der Waals surface area (Å²) in [6.45, 7) is 5.30. The van der Waals surface area contributed by atoms with Gasteiger partial charge in [0.05, 0.1) is 13.7 Å². The van der Waals surface area contributed by atoms with Gasteiger partial charge in [0.1, 0.15) is 5.82 Å². The van der Waals surface area contributed by atoms with Gasteiger partial charge in [-0.1, -0.05) is 6.08 Å². The first-order valence-electron chi connectivity index (χ1n) is 5.68. The summed E-state index contributed by atoms with van der Waals surface area (Å²) in [6.07, 6.45) is 5.74. The normalized spacial score (nSPS) is 16.7. The zero-order chi connectivity index (χ0) is 12.3. The molecule has 2 rings (SSSR count). The minimum atomic E-state index is -0.261. The molecule has 1 aliphatic rings. The standard InChI is InChI=1S/C12H17N3O2/c1-10(12(16)17-2)3-5-14-7-8-15-6-4-13-11(15)9-14/h3-4,6H,5,7-9H2,1-2H3.